The van der Waals surface area contributed by atoms with Crippen molar-refractivity contribution in [3.05, 3.63) is 95.3 Å². The molecule has 0 radical (unpaired) electrons. The largest absolute Gasteiger partial charge is 0.497 e. The lowest BCUT2D eigenvalue weighted by Gasteiger charge is -2.21. The Bertz CT molecular complexity index is 1560. The van der Waals surface area contributed by atoms with E-state index in [1.165, 1.54) is 12.3 Å². The molecule has 0 bridgehead atoms. The number of rotatable bonds is 12. The highest BCUT2D eigenvalue weighted by molar-refractivity contribution is 5.81. The van der Waals surface area contributed by atoms with Crippen molar-refractivity contribution in [2.45, 2.75) is 52.4 Å². The number of pyridine rings is 1. The normalized spacial score (nSPS) is 11.7. The number of methoxy groups -OCH3 is 1. The second-order valence-electron chi connectivity index (χ2n) is 11.0. The van der Waals surface area contributed by atoms with Crippen LogP contribution in [0.5, 0.6) is 17.4 Å². The molecule has 45 heavy (non-hydrogen) atoms. The third kappa shape index (κ3) is 9.47. The van der Waals surface area contributed by atoms with Crippen LogP contribution in [0.15, 0.2) is 73.1 Å². The molecule has 1 N–H and O–H groups in total. The minimum atomic E-state index is -4.72. The van der Waals surface area contributed by atoms with Gasteiger partial charge in [0.2, 0.25) is 5.88 Å². The van der Waals surface area contributed by atoms with Gasteiger partial charge >= 0.3 is 12.3 Å². The van der Waals surface area contributed by atoms with Crippen molar-refractivity contribution in [2.75, 3.05) is 20.3 Å². The highest BCUT2D eigenvalue weighted by atomic mass is 19.4. The Balaban J connectivity index is 1.65. The summed E-state index contributed by atoms with van der Waals surface area (Å²) in [7, 11) is 1.55. The monoisotopic (exact) mass is 628 g/mol. The molecular formula is C33H35F3N2O7. The van der Waals surface area contributed by atoms with Gasteiger partial charge in [-0.15, -0.1) is 0 Å². The van der Waals surface area contributed by atoms with Gasteiger partial charge < -0.3 is 28.8 Å². The molecule has 0 spiro atoms. The quantitative estimate of drug-likeness (QED) is 0.167. The van der Waals surface area contributed by atoms with Crippen molar-refractivity contribution < 1.29 is 46.8 Å². The molecule has 0 fully saturated rings. The molecule has 4 rings (SSSR count). The van der Waals surface area contributed by atoms with Crippen LogP contribution in [0.1, 0.15) is 43.0 Å². The first-order valence-corrected chi connectivity index (χ1v) is 14.0. The second-order valence-corrected chi connectivity index (χ2v) is 11.0. The summed E-state index contributed by atoms with van der Waals surface area (Å²) < 4.78 is 70.1. The Hall–Kier alpha value is -4.55. The Morgan fingerprint density at radius 3 is 2.07 bits per heavy atom. The van der Waals surface area contributed by atoms with Crippen molar-refractivity contribution >= 4 is 6.09 Å². The zero-order chi connectivity index (χ0) is 32.6. The molecule has 240 valence electrons. The third-order valence-corrected chi connectivity index (χ3v) is 6.32. The van der Waals surface area contributed by atoms with Crippen molar-refractivity contribution in [3.63, 3.8) is 0 Å². The predicted octanol–water partition coefficient (Wildman–Crippen LogP) is 7.03. The number of carbonyl (C=O) groups is 1. The molecular weight excluding hydrogens is 593 g/mol. The number of carbonyl (C=O) groups excluding carboxylic acids is 1. The van der Waals surface area contributed by atoms with Crippen molar-refractivity contribution in [2.24, 2.45) is 0 Å². The van der Waals surface area contributed by atoms with Gasteiger partial charge in [0.25, 0.3) is 0 Å². The smallest absolute Gasteiger partial charge is 0.419 e. The number of aromatic nitrogens is 2. The van der Waals surface area contributed by atoms with Crippen molar-refractivity contribution in [1.29, 1.82) is 0 Å². The predicted molar refractivity (Wildman–Crippen MR) is 159 cm³/mol. The summed E-state index contributed by atoms with van der Waals surface area (Å²) in [5.41, 5.74) is 0.559. The highest BCUT2D eigenvalue weighted by Gasteiger charge is 2.35. The fourth-order valence-electron chi connectivity index (χ4n) is 4.12. The number of ether oxygens (including phenoxy) is 5. The number of hydrogen-bond acceptors (Lipinski definition) is 8. The average molecular weight is 629 g/mol. The summed E-state index contributed by atoms with van der Waals surface area (Å²) in [6, 6.07) is 16.9. The number of alkyl halides is 3. The van der Waals surface area contributed by atoms with Crippen LogP contribution in [-0.4, -0.2) is 46.7 Å². The van der Waals surface area contributed by atoms with Crippen LogP contribution >= 0.6 is 0 Å². The number of halogens is 3. The molecule has 0 aliphatic rings. The summed E-state index contributed by atoms with van der Waals surface area (Å²) in [6.45, 7) is 5.61. The second kappa shape index (κ2) is 14.5. The Labute approximate surface area is 259 Å². The summed E-state index contributed by atoms with van der Waals surface area (Å²) in [5, 5.41) is 8.86. The van der Waals surface area contributed by atoms with Crippen LogP contribution in [0.25, 0.3) is 11.3 Å². The first kappa shape index (κ1) is 33.3. The molecule has 0 saturated heterocycles. The average Bonchev–Trinajstić information content (AvgIpc) is 3.46. The number of hydrogen-bond donors (Lipinski definition) is 1. The summed E-state index contributed by atoms with van der Waals surface area (Å²) in [5.74, 6) is 0.953. The highest BCUT2D eigenvalue weighted by Crippen LogP contribution is 2.38. The minimum absolute atomic E-state index is 0.0551. The van der Waals surface area contributed by atoms with Gasteiger partial charge in [0, 0.05) is 18.5 Å². The fraction of sp³-hybridized carbons (Fsp3) is 0.333. The topological polar surface area (TPSA) is 101 Å². The fourth-order valence-corrected chi connectivity index (χ4v) is 4.12. The Morgan fingerprint density at radius 1 is 0.889 bits per heavy atom. The van der Waals surface area contributed by atoms with E-state index in [-0.39, 0.29) is 49.3 Å². The van der Waals surface area contributed by atoms with Gasteiger partial charge in [-0.05, 0) is 55.7 Å². The first-order chi connectivity index (χ1) is 21.4. The lowest BCUT2D eigenvalue weighted by Crippen LogP contribution is -2.27. The van der Waals surface area contributed by atoms with E-state index in [9.17, 15) is 18.0 Å². The molecule has 0 unspecified atom stereocenters. The van der Waals surface area contributed by atoms with Crippen molar-refractivity contribution in [1.82, 2.24) is 9.55 Å². The maximum absolute atomic E-state index is 13.8. The molecule has 0 aliphatic heterocycles. The summed E-state index contributed by atoms with van der Waals surface area (Å²) in [6.07, 6.45) is -3.71. The van der Waals surface area contributed by atoms with Gasteiger partial charge in [0.1, 0.15) is 30.3 Å². The maximum atomic E-state index is 13.8. The molecule has 0 atom stereocenters. The molecule has 12 heteroatoms. The van der Waals surface area contributed by atoms with E-state index in [2.05, 4.69) is 4.98 Å². The van der Waals surface area contributed by atoms with Crippen molar-refractivity contribution in [3.8, 4) is 28.6 Å². The maximum Gasteiger partial charge on any atom is 0.419 e. The van der Waals surface area contributed by atoms with Crippen LogP contribution in [0.2, 0.25) is 0 Å². The molecule has 0 saturated carbocycles. The molecule has 2 aromatic carbocycles. The molecule has 9 nitrogen and oxygen atoms in total. The number of benzene rings is 2. The Kier molecular flexibility index (Phi) is 10.7. The lowest BCUT2D eigenvalue weighted by atomic mass is 10.1. The van der Waals surface area contributed by atoms with E-state index in [1.54, 1.807) is 52.1 Å². The SMILES string of the molecule is COc1ccc(COc2cc(OCc3ccc(COCCO)cc3)ncc2-c2cc(C(F)(F)F)cn2C(=O)OC(C)(C)C)cc1. The van der Waals surface area contributed by atoms with Crippen LogP contribution in [0, 0.1) is 0 Å². The van der Waals surface area contributed by atoms with Gasteiger partial charge in [0.15, 0.2) is 0 Å². The number of aliphatic hydroxyl groups is 1. The zero-order valence-electron chi connectivity index (χ0n) is 25.4. The van der Waals surface area contributed by atoms with Crippen LogP contribution < -0.4 is 14.2 Å². The Morgan fingerprint density at radius 2 is 1.49 bits per heavy atom. The number of nitrogens with zero attached hydrogens (tertiary/aromatic N) is 2. The van der Waals surface area contributed by atoms with Crippen LogP contribution in [-0.2, 0) is 35.5 Å². The van der Waals surface area contributed by atoms with Gasteiger partial charge in [-0.25, -0.2) is 9.78 Å². The van der Waals surface area contributed by atoms with E-state index in [0.29, 0.717) is 18.6 Å². The molecule has 0 aliphatic carbocycles. The lowest BCUT2D eigenvalue weighted by molar-refractivity contribution is -0.137. The van der Waals surface area contributed by atoms with Gasteiger partial charge in [-0.2, -0.15) is 13.2 Å². The van der Waals surface area contributed by atoms with E-state index in [1.807, 2.05) is 24.3 Å². The summed E-state index contributed by atoms with van der Waals surface area (Å²) >= 11 is 0. The van der Waals surface area contributed by atoms with E-state index in [0.717, 1.165) is 27.3 Å². The molecule has 2 aromatic heterocycles. The first-order valence-electron chi connectivity index (χ1n) is 14.0. The molecule has 0 amide bonds. The van der Waals surface area contributed by atoms with Gasteiger partial charge in [-0.1, -0.05) is 36.4 Å². The third-order valence-electron chi connectivity index (χ3n) is 6.32. The van der Waals surface area contributed by atoms with Gasteiger partial charge in [0.05, 0.1) is 43.8 Å². The number of aliphatic hydroxyl groups excluding tert-OH is 1. The van der Waals surface area contributed by atoms with Gasteiger partial charge in [-0.3, -0.25) is 4.57 Å². The van der Waals surface area contributed by atoms with Crippen LogP contribution in [0.4, 0.5) is 18.0 Å². The van der Waals surface area contributed by atoms with E-state index < -0.39 is 23.4 Å². The van der Waals surface area contributed by atoms with Crippen LogP contribution in [0.3, 0.4) is 0 Å². The standard InChI is InChI=1S/C33H35F3N2O7/c1-32(2,3)45-31(40)38-18-25(33(34,35)36)15-28(38)27-17-37-30(16-29(27)43-20-24-9-11-26(41-4)12-10-24)44-21-23-7-5-22(6-8-23)19-42-14-13-39/h5-12,15-18,39H,13-14,19-21H2,1-4H3. The molecule has 4 aromatic rings. The van der Waals surface area contributed by atoms with E-state index >= 15 is 0 Å². The molecule has 2 heterocycles. The zero-order valence-corrected chi connectivity index (χ0v) is 25.4. The minimum Gasteiger partial charge on any atom is -0.497 e. The van der Waals surface area contributed by atoms with E-state index in [4.69, 9.17) is 28.8 Å². The summed E-state index contributed by atoms with van der Waals surface area (Å²) in [4.78, 5) is 17.3.